The van der Waals surface area contributed by atoms with E-state index in [0.29, 0.717) is 22.6 Å². The molecule has 0 spiro atoms. The molecule has 1 aliphatic heterocycles. The highest BCUT2D eigenvalue weighted by atomic mass is 19.1. The van der Waals surface area contributed by atoms with E-state index >= 15 is 0 Å². The van der Waals surface area contributed by atoms with Crippen LogP contribution in [0.1, 0.15) is 11.3 Å². The van der Waals surface area contributed by atoms with E-state index in [-0.39, 0.29) is 11.7 Å². The fourth-order valence-electron chi connectivity index (χ4n) is 3.88. The number of ether oxygens (including phenoxy) is 1. The van der Waals surface area contributed by atoms with Crippen LogP contribution < -0.4 is 26.0 Å². The van der Waals surface area contributed by atoms with Crippen molar-refractivity contribution in [1.82, 2.24) is 4.98 Å². The van der Waals surface area contributed by atoms with Crippen molar-refractivity contribution in [1.29, 1.82) is 0 Å². The van der Waals surface area contributed by atoms with Gasteiger partial charge in [0.05, 0.1) is 18.4 Å². The molecule has 3 amide bonds. The molecule has 5 rings (SSSR count). The number of fused-ring (bicyclic) bond motifs is 1. The highest BCUT2D eigenvalue weighted by Crippen LogP contribution is 2.35. The summed E-state index contributed by atoms with van der Waals surface area (Å²) in [5, 5.41) is 11.6. The van der Waals surface area contributed by atoms with E-state index in [2.05, 4.69) is 26.3 Å². The van der Waals surface area contributed by atoms with Gasteiger partial charge < -0.3 is 31.0 Å². The number of amides is 3. The number of halogens is 1. The molecule has 36 heavy (non-hydrogen) atoms. The van der Waals surface area contributed by atoms with Crippen molar-refractivity contribution >= 4 is 52.0 Å². The maximum Gasteiger partial charge on any atom is 0.323 e. The van der Waals surface area contributed by atoms with Crippen LogP contribution in [0.2, 0.25) is 0 Å². The summed E-state index contributed by atoms with van der Waals surface area (Å²) in [7, 11) is 1.36. The van der Waals surface area contributed by atoms with Gasteiger partial charge >= 0.3 is 6.03 Å². The van der Waals surface area contributed by atoms with Crippen molar-refractivity contribution in [3.05, 3.63) is 96.1 Å². The normalized spacial score (nSPS) is 13.2. The second kappa shape index (κ2) is 9.67. The zero-order valence-electron chi connectivity index (χ0n) is 19.2. The number of anilines is 5. The number of nitrogens with one attached hydrogen (secondary N) is 5. The molecule has 1 aliphatic rings. The molecule has 180 valence electrons. The van der Waals surface area contributed by atoms with Crippen molar-refractivity contribution in [2.75, 3.05) is 28.4 Å². The fourth-order valence-corrected chi connectivity index (χ4v) is 3.88. The minimum atomic E-state index is -0.513. The van der Waals surface area contributed by atoms with E-state index in [1.54, 1.807) is 24.4 Å². The summed E-state index contributed by atoms with van der Waals surface area (Å²) >= 11 is 0. The maximum absolute atomic E-state index is 13.6. The lowest BCUT2D eigenvalue weighted by Crippen LogP contribution is -2.19. The molecule has 8 nitrogen and oxygen atoms in total. The molecule has 0 bridgehead atoms. The average molecular weight is 484 g/mol. The summed E-state index contributed by atoms with van der Waals surface area (Å²) in [6, 6.07) is 20.2. The molecule has 0 radical (unpaired) electrons. The molecule has 0 saturated heterocycles. The molecule has 0 atom stereocenters. The molecule has 0 unspecified atom stereocenters. The van der Waals surface area contributed by atoms with Gasteiger partial charge in [0.25, 0.3) is 5.91 Å². The molecular formula is C27H22FN5O3. The summed E-state index contributed by atoms with van der Waals surface area (Å²) in [5.74, 6) is -0.634. The maximum atomic E-state index is 13.6. The van der Waals surface area contributed by atoms with E-state index in [4.69, 9.17) is 4.74 Å². The number of urea groups is 1. The van der Waals surface area contributed by atoms with Gasteiger partial charge in [-0.15, -0.1) is 0 Å². The van der Waals surface area contributed by atoms with Gasteiger partial charge in [-0.05, 0) is 60.7 Å². The minimum absolute atomic E-state index is 0.0384. The van der Waals surface area contributed by atoms with Crippen LogP contribution in [0.5, 0.6) is 5.75 Å². The summed E-state index contributed by atoms with van der Waals surface area (Å²) in [6.07, 6.45) is 3.62. The zero-order valence-corrected chi connectivity index (χ0v) is 19.2. The highest BCUT2D eigenvalue weighted by Gasteiger charge is 2.24. The average Bonchev–Trinajstić information content (AvgIpc) is 3.48. The Bertz CT molecular complexity index is 1480. The molecule has 0 saturated carbocycles. The topological polar surface area (TPSA) is 107 Å². The second-order valence-corrected chi connectivity index (χ2v) is 8.03. The van der Waals surface area contributed by atoms with E-state index in [0.717, 1.165) is 22.6 Å². The fraction of sp³-hybridized carbons (Fsp3) is 0.0370. The largest absolute Gasteiger partial charge is 0.494 e. The first-order valence-corrected chi connectivity index (χ1v) is 11.1. The number of carbonyl (C=O) groups excluding carboxylic acids is 2. The van der Waals surface area contributed by atoms with Gasteiger partial charge in [-0.25, -0.2) is 9.18 Å². The lowest BCUT2D eigenvalue weighted by Gasteiger charge is -2.12. The van der Waals surface area contributed by atoms with Crippen molar-refractivity contribution < 1.29 is 18.7 Å². The Balaban J connectivity index is 1.27. The summed E-state index contributed by atoms with van der Waals surface area (Å²) in [6.45, 7) is 0. The van der Waals surface area contributed by atoms with Gasteiger partial charge in [0.15, 0.2) is 11.6 Å². The van der Waals surface area contributed by atoms with Crippen molar-refractivity contribution in [3.63, 3.8) is 0 Å². The third kappa shape index (κ3) is 4.90. The van der Waals surface area contributed by atoms with Crippen LogP contribution in [0.25, 0.3) is 11.6 Å². The first kappa shape index (κ1) is 22.7. The van der Waals surface area contributed by atoms with Crippen LogP contribution in [-0.4, -0.2) is 24.0 Å². The van der Waals surface area contributed by atoms with Crippen LogP contribution in [0.3, 0.4) is 0 Å². The number of methoxy groups -OCH3 is 1. The van der Waals surface area contributed by atoms with Gasteiger partial charge in [0, 0.05) is 46.3 Å². The molecule has 3 aromatic carbocycles. The number of hydrogen-bond acceptors (Lipinski definition) is 4. The van der Waals surface area contributed by atoms with Gasteiger partial charge in [0.2, 0.25) is 0 Å². The molecule has 5 N–H and O–H groups in total. The Labute approximate surface area is 206 Å². The van der Waals surface area contributed by atoms with Crippen LogP contribution >= 0.6 is 0 Å². The predicted molar refractivity (Wildman–Crippen MR) is 139 cm³/mol. The number of aromatic nitrogens is 1. The number of H-pyrrole nitrogens is 1. The Hall–Kier alpha value is -5.05. The Morgan fingerprint density at radius 1 is 0.917 bits per heavy atom. The first-order valence-electron chi connectivity index (χ1n) is 11.1. The summed E-state index contributed by atoms with van der Waals surface area (Å²) in [5.41, 5.74) is 5.44. The molecule has 0 fully saturated rings. The summed E-state index contributed by atoms with van der Waals surface area (Å²) < 4.78 is 18.5. The Kier molecular flexibility index (Phi) is 6.10. The molecule has 0 aliphatic carbocycles. The van der Waals surface area contributed by atoms with Crippen molar-refractivity contribution in [3.8, 4) is 5.75 Å². The van der Waals surface area contributed by atoms with Crippen LogP contribution in [0, 0.1) is 5.82 Å². The monoisotopic (exact) mass is 483 g/mol. The van der Waals surface area contributed by atoms with Crippen LogP contribution in [0.4, 0.5) is 37.6 Å². The molecule has 1 aromatic heterocycles. The number of carbonyl (C=O) groups is 2. The Morgan fingerprint density at radius 3 is 2.44 bits per heavy atom. The number of rotatable bonds is 6. The predicted octanol–water partition coefficient (Wildman–Crippen LogP) is 6.04. The second-order valence-electron chi connectivity index (χ2n) is 8.03. The SMILES string of the molecule is COc1cc(NC(=O)Nc2cccc(Nc3ccc4c(c3)NC(=O)C4=Cc3ccc[nH]3)c2)ccc1F. The molecule has 4 aromatic rings. The smallest absolute Gasteiger partial charge is 0.323 e. The standard InChI is InChI=1S/C27H22FN5O3/c1-36-25-15-20(8-10-23(25)28)32-27(35)31-18-5-2-4-17(12-18)30-19-7-9-21-22(13-16-6-3-11-29-16)26(34)33-24(21)14-19/h2-15,29-30H,1H3,(H,33,34)(H2,31,32,35). The van der Waals surface area contributed by atoms with Gasteiger partial charge in [0.1, 0.15) is 0 Å². The molecule has 2 heterocycles. The third-order valence-corrected chi connectivity index (χ3v) is 5.54. The van der Waals surface area contributed by atoms with E-state index in [1.165, 1.54) is 25.3 Å². The minimum Gasteiger partial charge on any atom is -0.494 e. The van der Waals surface area contributed by atoms with E-state index in [9.17, 15) is 14.0 Å². The number of hydrogen-bond donors (Lipinski definition) is 5. The molecular weight excluding hydrogens is 461 g/mol. The van der Waals surface area contributed by atoms with E-state index < -0.39 is 11.8 Å². The third-order valence-electron chi connectivity index (χ3n) is 5.54. The number of aromatic amines is 1. The summed E-state index contributed by atoms with van der Waals surface area (Å²) in [4.78, 5) is 28.0. The van der Waals surface area contributed by atoms with Crippen LogP contribution in [0.15, 0.2) is 79.0 Å². The quantitative estimate of drug-likeness (QED) is 0.215. The zero-order chi connectivity index (χ0) is 25.1. The Morgan fingerprint density at radius 2 is 1.67 bits per heavy atom. The van der Waals surface area contributed by atoms with Crippen molar-refractivity contribution in [2.24, 2.45) is 0 Å². The van der Waals surface area contributed by atoms with E-state index in [1.807, 2.05) is 42.5 Å². The lowest BCUT2D eigenvalue weighted by atomic mass is 10.1. The van der Waals surface area contributed by atoms with Gasteiger partial charge in [-0.3, -0.25) is 4.79 Å². The first-order chi connectivity index (χ1) is 17.5. The lowest BCUT2D eigenvalue weighted by molar-refractivity contribution is -0.110. The molecule has 9 heteroatoms. The number of benzene rings is 3. The van der Waals surface area contributed by atoms with Crippen LogP contribution in [-0.2, 0) is 4.79 Å². The van der Waals surface area contributed by atoms with Gasteiger partial charge in [-0.1, -0.05) is 12.1 Å². The highest BCUT2D eigenvalue weighted by molar-refractivity contribution is 6.35. The van der Waals surface area contributed by atoms with Crippen molar-refractivity contribution in [2.45, 2.75) is 0 Å². The van der Waals surface area contributed by atoms with Gasteiger partial charge in [-0.2, -0.15) is 0 Å².